The third-order valence-corrected chi connectivity index (χ3v) is 3.81. The monoisotopic (exact) mass is 423 g/mol. The number of benzene rings is 2. The summed E-state index contributed by atoms with van der Waals surface area (Å²) < 4.78 is 0. The van der Waals surface area contributed by atoms with Crippen molar-refractivity contribution in [3.8, 4) is 0 Å². The maximum atomic E-state index is 11.1. The van der Waals surface area contributed by atoms with Gasteiger partial charge < -0.3 is 29.7 Å². The number of carboxylic acids is 3. The molecule has 2 aromatic carbocycles. The van der Waals surface area contributed by atoms with Gasteiger partial charge in [-0.3, -0.25) is 4.90 Å². The molecule has 0 radical (unpaired) electrons. The second kappa shape index (κ2) is 14.8. The molecular weight excluding hydrogens is 407 g/mol. The summed E-state index contributed by atoms with van der Waals surface area (Å²) in [6.07, 6.45) is 0. The van der Waals surface area contributed by atoms with Gasteiger partial charge >= 0.3 is 88.7 Å². The van der Waals surface area contributed by atoms with Crippen molar-refractivity contribution in [3.05, 3.63) is 70.3 Å². The van der Waals surface area contributed by atoms with Crippen LogP contribution in [0.15, 0.2) is 42.5 Å². The van der Waals surface area contributed by atoms with E-state index in [0.29, 0.717) is 12.1 Å². The Balaban J connectivity index is 0. The Morgan fingerprint density at radius 2 is 1.24 bits per heavy atom. The number of carbonyl (C=O) groups is 3. The molecule has 0 unspecified atom stereocenters. The number of carboxylic acid groups (broad SMARTS) is 3. The van der Waals surface area contributed by atoms with Crippen LogP contribution in [0.3, 0.4) is 0 Å². The predicted octanol–water partition coefficient (Wildman–Crippen LogP) is -10.5. The third-order valence-electron chi connectivity index (χ3n) is 3.81. The minimum absolute atomic E-state index is 0. The first-order valence-electron chi connectivity index (χ1n) is 7.79. The van der Waals surface area contributed by atoms with Crippen molar-refractivity contribution in [2.24, 2.45) is 0 Å². The van der Waals surface area contributed by atoms with Crippen LogP contribution in [0.25, 0.3) is 0 Å². The SMILES string of the molecule is Cc1ccc(CN(CC(=O)[O-])Cc2ccc(C(=O)[O-])c(C(=O)[O-])c2)cc1.[Na+].[Na+].[Na+]. The first-order chi connectivity index (χ1) is 12.3. The molecule has 136 valence electrons. The van der Waals surface area contributed by atoms with E-state index in [0.717, 1.165) is 23.3 Å². The molecule has 0 aromatic heterocycles. The third kappa shape index (κ3) is 10.1. The zero-order chi connectivity index (χ0) is 19.3. The van der Waals surface area contributed by atoms with Gasteiger partial charge in [0.15, 0.2) is 0 Å². The molecule has 0 aliphatic carbocycles. The van der Waals surface area contributed by atoms with E-state index >= 15 is 0 Å². The van der Waals surface area contributed by atoms with Crippen molar-refractivity contribution in [2.45, 2.75) is 20.0 Å². The molecular formula is C19H16NNa3O6. The molecule has 0 aliphatic rings. The topological polar surface area (TPSA) is 124 Å². The number of aryl methyl sites for hydroxylation is 1. The minimum Gasteiger partial charge on any atom is -0.549 e. The quantitative estimate of drug-likeness (QED) is 0.386. The molecule has 2 rings (SSSR count). The second-order valence-corrected chi connectivity index (χ2v) is 5.96. The van der Waals surface area contributed by atoms with Gasteiger partial charge in [0.1, 0.15) is 0 Å². The molecule has 0 N–H and O–H groups in total. The van der Waals surface area contributed by atoms with Crippen molar-refractivity contribution >= 4 is 17.9 Å². The minimum atomic E-state index is -1.64. The molecule has 0 atom stereocenters. The second-order valence-electron chi connectivity index (χ2n) is 5.96. The average Bonchev–Trinajstić information content (AvgIpc) is 2.56. The van der Waals surface area contributed by atoms with Gasteiger partial charge in [-0.2, -0.15) is 0 Å². The van der Waals surface area contributed by atoms with E-state index < -0.39 is 29.0 Å². The number of rotatable bonds is 8. The Morgan fingerprint density at radius 3 is 1.72 bits per heavy atom. The molecule has 0 heterocycles. The van der Waals surface area contributed by atoms with Crippen molar-refractivity contribution in [1.29, 1.82) is 0 Å². The van der Waals surface area contributed by atoms with E-state index in [9.17, 15) is 29.7 Å². The molecule has 0 fully saturated rings. The molecule has 0 amide bonds. The fourth-order valence-corrected chi connectivity index (χ4v) is 2.60. The summed E-state index contributed by atoms with van der Waals surface area (Å²) >= 11 is 0. The van der Waals surface area contributed by atoms with E-state index in [-0.39, 0.29) is 102 Å². The van der Waals surface area contributed by atoms with Crippen molar-refractivity contribution < 1.29 is 118 Å². The van der Waals surface area contributed by atoms with Crippen LogP contribution in [0.1, 0.15) is 37.4 Å². The smallest absolute Gasteiger partial charge is 0.549 e. The summed E-state index contributed by atoms with van der Waals surface area (Å²) in [5.41, 5.74) is 1.38. The summed E-state index contributed by atoms with van der Waals surface area (Å²) in [4.78, 5) is 34.7. The largest absolute Gasteiger partial charge is 1.00 e. The summed E-state index contributed by atoms with van der Waals surface area (Å²) in [5, 5.41) is 33.1. The average molecular weight is 423 g/mol. The predicted molar refractivity (Wildman–Crippen MR) is 85.4 cm³/mol. The summed E-state index contributed by atoms with van der Waals surface area (Å²) in [5.74, 6) is -4.54. The number of carbonyl (C=O) groups excluding carboxylic acids is 3. The van der Waals surface area contributed by atoms with Crippen LogP contribution >= 0.6 is 0 Å². The molecule has 0 saturated heterocycles. The Hall–Kier alpha value is -0.190. The fraction of sp³-hybridized carbons (Fsp3) is 0.211. The number of hydrogen-bond acceptors (Lipinski definition) is 7. The molecule has 0 bridgehead atoms. The molecule has 29 heavy (non-hydrogen) atoms. The number of aromatic carboxylic acids is 2. The molecule has 10 heteroatoms. The van der Waals surface area contributed by atoms with Gasteiger partial charge in [-0.25, -0.2) is 0 Å². The zero-order valence-electron chi connectivity index (χ0n) is 17.1. The van der Waals surface area contributed by atoms with Crippen LogP contribution < -0.4 is 104 Å². The van der Waals surface area contributed by atoms with E-state index in [2.05, 4.69) is 0 Å². The van der Waals surface area contributed by atoms with Gasteiger partial charge in [0.05, 0.1) is 17.9 Å². The van der Waals surface area contributed by atoms with Crippen molar-refractivity contribution in [2.75, 3.05) is 6.54 Å². The van der Waals surface area contributed by atoms with Crippen LogP contribution in [0.2, 0.25) is 0 Å². The Labute approximate surface area is 235 Å². The first kappa shape index (κ1) is 31.0. The standard InChI is InChI=1S/C19H19NO6.3Na/c1-12-2-4-13(5-3-12)9-20(11-17(21)22)10-14-6-7-15(18(23)24)16(8-14)19(25)26;;;/h2-8H,9-11H2,1H3,(H,21,22)(H,23,24)(H,25,26);;;/q;3*+1/p-3. The van der Waals surface area contributed by atoms with Gasteiger partial charge in [0, 0.05) is 30.8 Å². The Morgan fingerprint density at radius 1 is 0.759 bits per heavy atom. The molecule has 0 spiro atoms. The fourth-order valence-electron chi connectivity index (χ4n) is 2.60. The summed E-state index contributed by atoms with van der Waals surface area (Å²) in [6.45, 7) is 1.96. The van der Waals surface area contributed by atoms with Gasteiger partial charge in [0.25, 0.3) is 0 Å². The van der Waals surface area contributed by atoms with Crippen molar-refractivity contribution in [3.63, 3.8) is 0 Å². The van der Waals surface area contributed by atoms with Crippen LogP contribution in [0.5, 0.6) is 0 Å². The normalized spacial score (nSPS) is 9.59. The number of hydrogen-bond donors (Lipinski definition) is 0. The van der Waals surface area contributed by atoms with E-state index in [4.69, 9.17) is 0 Å². The maximum absolute atomic E-state index is 11.1. The summed E-state index contributed by atoms with van der Waals surface area (Å²) in [7, 11) is 0. The zero-order valence-corrected chi connectivity index (χ0v) is 23.1. The molecule has 7 nitrogen and oxygen atoms in total. The van der Waals surface area contributed by atoms with Crippen molar-refractivity contribution in [1.82, 2.24) is 4.90 Å². The van der Waals surface area contributed by atoms with E-state index in [1.54, 1.807) is 4.90 Å². The van der Waals surface area contributed by atoms with Crippen LogP contribution in [0.4, 0.5) is 0 Å². The molecule has 0 saturated carbocycles. The molecule has 0 aliphatic heterocycles. The maximum Gasteiger partial charge on any atom is 1.00 e. The van der Waals surface area contributed by atoms with Crippen LogP contribution in [0, 0.1) is 6.92 Å². The van der Waals surface area contributed by atoms with E-state index in [1.165, 1.54) is 6.07 Å². The molecule has 2 aromatic rings. The van der Waals surface area contributed by atoms with Gasteiger partial charge in [-0.05, 0) is 24.1 Å². The first-order valence-corrected chi connectivity index (χ1v) is 7.79. The van der Waals surface area contributed by atoms with E-state index in [1.807, 2.05) is 31.2 Å². The van der Waals surface area contributed by atoms with Gasteiger partial charge in [-0.15, -0.1) is 0 Å². The Kier molecular flexibility index (Phi) is 15.8. The van der Waals surface area contributed by atoms with Crippen LogP contribution in [-0.2, 0) is 17.9 Å². The number of nitrogens with zero attached hydrogens (tertiary/aromatic N) is 1. The van der Waals surface area contributed by atoms with Gasteiger partial charge in [0.2, 0.25) is 0 Å². The Bertz CT molecular complexity index is 842. The number of aliphatic carboxylic acids is 1. The van der Waals surface area contributed by atoms with Crippen LogP contribution in [-0.4, -0.2) is 29.4 Å². The van der Waals surface area contributed by atoms with Gasteiger partial charge in [-0.1, -0.05) is 42.0 Å². The summed E-state index contributed by atoms with van der Waals surface area (Å²) in [6, 6.07) is 11.2.